The van der Waals surface area contributed by atoms with Gasteiger partial charge in [0, 0.05) is 30.8 Å². The molecule has 0 aliphatic heterocycles. The molecule has 0 aliphatic rings. The Morgan fingerprint density at radius 1 is 0.933 bits per heavy atom. The van der Waals surface area contributed by atoms with Gasteiger partial charge in [-0.2, -0.15) is 0 Å². The van der Waals surface area contributed by atoms with Crippen LogP contribution in [0.4, 0.5) is 5.69 Å². The number of rotatable bonds is 10. The predicted octanol–water partition coefficient (Wildman–Crippen LogP) is 3.29. The number of carbonyl (C=O) groups is 3. The van der Waals surface area contributed by atoms with Gasteiger partial charge >= 0.3 is 5.97 Å². The first-order valence-corrected chi connectivity index (χ1v) is 9.94. The number of methoxy groups -OCH3 is 1. The van der Waals surface area contributed by atoms with Crippen molar-refractivity contribution >= 4 is 23.5 Å². The van der Waals surface area contributed by atoms with E-state index >= 15 is 0 Å². The van der Waals surface area contributed by atoms with E-state index in [-0.39, 0.29) is 18.9 Å². The smallest absolute Gasteiger partial charge is 0.306 e. The molecule has 0 radical (unpaired) electrons. The first-order valence-electron chi connectivity index (χ1n) is 9.94. The molecule has 7 heteroatoms. The Labute approximate surface area is 177 Å². The molecule has 0 bridgehead atoms. The van der Waals surface area contributed by atoms with Crippen molar-refractivity contribution in [2.45, 2.75) is 26.7 Å². The number of aryl methyl sites for hydroxylation is 1. The van der Waals surface area contributed by atoms with Crippen molar-refractivity contribution in [2.75, 3.05) is 32.1 Å². The van der Waals surface area contributed by atoms with E-state index in [1.807, 2.05) is 38.1 Å². The Hall–Kier alpha value is -3.35. The molecular formula is C23H28N2O5. The van der Waals surface area contributed by atoms with Crippen LogP contribution in [0.5, 0.6) is 5.75 Å². The summed E-state index contributed by atoms with van der Waals surface area (Å²) in [5.41, 5.74) is 2.07. The minimum Gasteiger partial charge on any atom is -0.497 e. The Morgan fingerprint density at radius 3 is 2.13 bits per heavy atom. The molecule has 160 valence electrons. The summed E-state index contributed by atoms with van der Waals surface area (Å²) in [6, 6.07) is 14.1. The molecule has 0 heterocycles. The average molecular weight is 412 g/mol. The molecule has 0 spiro atoms. The lowest BCUT2D eigenvalue weighted by atomic mass is 10.1. The fourth-order valence-corrected chi connectivity index (χ4v) is 2.84. The molecule has 0 fully saturated rings. The molecule has 0 atom stereocenters. The highest BCUT2D eigenvalue weighted by atomic mass is 16.5. The zero-order valence-electron chi connectivity index (χ0n) is 17.6. The summed E-state index contributed by atoms with van der Waals surface area (Å²) in [5, 5.41) is 2.65. The summed E-state index contributed by atoms with van der Waals surface area (Å²) in [6.07, 6.45) is 0.703. The molecule has 7 nitrogen and oxygen atoms in total. The van der Waals surface area contributed by atoms with Crippen LogP contribution in [0.15, 0.2) is 48.5 Å². The van der Waals surface area contributed by atoms with Crippen LogP contribution in [-0.2, 0) is 20.7 Å². The van der Waals surface area contributed by atoms with E-state index in [2.05, 4.69) is 5.32 Å². The molecule has 0 saturated heterocycles. The van der Waals surface area contributed by atoms with Crippen molar-refractivity contribution in [1.29, 1.82) is 0 Å². The monoisotopic (exact) mass is 412 g/mol. The average Bonchev–Trinajstić information content (AvgIpc) is 2.78. The molecular weight excluding hydrogens is 384 g/mol. The van der Waals surface area contributed by atoms with Crippen LogP contribution in [0.1, 0.15) is 36.2 Å². The Morgan fingerprint density at radius 2 is 1.57 bits per heavy atom. The molecule has 2 aromatic rings. The van der Waals surface area contributed by atoms with Crippen LogP contribution in [0, 0.1) is 0 Å². The number of nitrogens with one attached hydrogen (secondary N) is 1. The SMILES string of the molecule is CCN(CC)C(=O)c1ccc(NC(=O)COC(=O)CCc2ccc(OC)cc2)cc1. The molecule has 2 aromatic carbocycles. The van der Waals surface area contributed by atoms with Gasteiger partial charge in [-0.15, -0.1) is 0 Å². The van der Waals surface area contributed by atoms with Crippen LogP contribution < -0.4 is 10.1 Å². The second-order valence-electron chi connectivity index (χ2n) is 6.61. The summed E-state index contributed by atoms with van der Waals surface area (Å²) < 4.78 is 10.1. The lowest BCUT2D eigenvalue weighted by molar-refractivity contribution is -0.147. The van der Waals surface area contributed by atoms with Crippen molar-refractivity contribution < 1.29 is 23.9 Å². The molecule has 2 rings (SSSR count). The fraction of sp³-hybridized carbons (Fsp3) is 0.348. The van der Waals surface area contributed by atoms with E-state index < -0.39 is 11.9 Å². The summed E-state index contributed by atoms with van der Waals surface area (Å²) in [5.74, 6) is -0.177. The van der Waals surface area contributed by atoms with Crippen LogP contribution in [-0.4, -0.2) is 49.5 Å². The van der Waals surface area contributed by atoms with Crippen molar-refractivity contribution in [3.63, 3.8) is 0 Å². The molecule has 0 saturated carbocycles. The summed E-state index contributed by atoms with van der Waals surface area (Å²) in [6.45, 7) is 4.76. The van der Waals surface area contributed by atoms with Gasteiger partial charge in [-0.25, -0.2) is 0 Å². The number of nitrogens with zero attached hydrogens (tertiary/aromatic N) is 1. The van der Waals surface area contributed by atoms with E-state index in [1.54, 1.807) is 36.3 Å². The zero-order chi connectivity index (χ0) is 21.9. The van der Waals surface area contributed by atoms with E-state index in [0.717, 1.165) is 11.3 Å². The van der Waals surface area contributed by atoms with E-state index in [9.17, 15) is 14.4 Å². The fourth-order valence-electron chi connectivity index (χ4n) is 2.84. The first-order chi connectivity index (χ1) is 14.5. The topological polar surface area (TPSA) is 84.9 Å². The van der Waals surface area contributed by atoms with Crippen LogP contribution in [0.2, 0.25) is 0 Å². The minimum absolute atomic E-state index is 0.0522. The Kier molecular flexibility index (Phi) is 8.87. The Bertz CT molecular complexity index is 843. The van der Waals surface area contributed by atoms with Gasteiger partial charge in [0.1, 0.15) is 5.75 Å². The van der Waals surface area contributed by atoms with Crippen molar-refractivity contribution in [3.8, 4) is 5.75 Å². The third kappa shape index (κ3) is 6.92. The molecule has 0 unspecified atom stereocenters. The van der Waals surface area contributed by atoms with E-state index in [0.29, 0.717) is 30.8 Å². The second-order valence-corrected chi connectivity index (χ2v) is 6.61. The lowest BCUT2D eigenvalue weighted by Crippen LogP contribution is -2.30. The number of carbonyl (C=O) groups excluding carboxylic acids is 3. The third-order valence-electron chi connectivity index (χ3n) is 4.61. The van der Waals surface area contributed by atoms with Gasteiger partial charge in [-0.3, -0.25) is 14.4 Å². The number of esters is 1. The maximum Gasteiger partial charge on any atom is 0.306 e. The first kappa shape index (κ1) is 22.9. The van der Waals surface area contributed by atoms with Crippen LogP contribution in [0.3, 0.4) is 0 Å². The molecule has 30 heavy (non-hydrogen) atoms. The summed E-state index contributed by atoms with van der Waals surface area (Å²) in [7, 11) is 1.59. The number of ether oxygens (including phenoxy) is 2. The lowest BCUT2D eigenvalue weighted by Gasteiger charge is -2.18. The van der Waals surface area contributed by atoms with Crippen molar-refractivity contribution in [3.05, 3.63) is 59.7 Å². The highest BCUT2D eigenvalue weighted by Gasteiger charge is 2.13. The van der Waals surface area contributed by atoms with Gasteiger partial charge < -0.3 is 19.7 Å². The highest BCUT2D eigenvalue weighted by molar-refractivity contribution is 5.96. The summed E-state index contributed by atoms with van der Waals surface area (Å²) >= 11 is 0. The van der Waals surface area contributed by atoms with Crippen LogP contribution in [0.25, 0.3) is 0 Å². The summed E-state index contributed by atoms with van der Waals surface area (Å²) in [4.78, 5) is 37.9. The number of hydrogen-bond acceptors (Lipinski definition) is 5. The van der Waals surface area contributed by atoms with Gasteiger partial charge in [0.05, 0.1) is 7.11 Å². The normalized spacial score (nSPS) is 10.2. The number of hydrogen-bond donors (Lipinski definition) is 1. The van der Waals surface area contributed by atoms with Crippen molar-refractivity contribution in [1.82, 2.24) is 4.90 Å². The molecule has 2 amide bonds. The molecule has 0 aromatic heterocycles. The van der Waals surface area contributed by atoms with Gasteiger partial charge in [0.25, 0.3) is 11.8 Å². The van der Waals surface area contributed by atoms with Gasteiger partial charge in [-0.1, -0.05) is 12.1 Å². The largest absolute Gasteiger partial charge is 0.497 e. The maximum absolute atomic E-state index is 12.3. The molecule has 1 N–H and O–H groups in total. The van der Waals surface area contributed by atoms with Crippen LogP contribution >= 0.6 is 0 Å². The second kappa shape index (κ2) is 11.6. The van der Waals surface area contributed by atoms with Crippen molar-refractivity contribution in [2.24, 2.45) is 0 Å². The third-order valence-corrected chi connectivity index (χ3v) is 4.61. The van der Waals surface area contributed by atoms with Gasteiger partial charge in [-0.05, 0) is 62.2 Å². The quantitative estimate of drug-likeness (QED) is 0.606. The minimum atomic E-state index is -0.443. The number of benzene rings is 2. The molecule has 0 aliphatic carbocycles. The predicted molar refractivity (Wildman–Crippen MR) is 115 cm³/mol. The maximum atomic E-state index is 12.3. The Balaban J connectivity index is 1.75. The zero-order valence-corrected chi connectivity index (χ0v) is 17.6. The van der Waals surface area contributed by atoms with E-state index in [4.69, 9.17) is 9.47 Å². The number of anilines is 1. The number of amides is 2. The van der Waals surface area contributed by atoms with Gasteiger partial charge in [0.15, 0.2) is 6.61 Å². The van der Waals surface area contributed by atoms with E-state index in [1.165, 1.54) is 0 Å². The highest BCUT2D eigenvalue weighted by Crippen LogP contribution is 2.13. The standard InChI is InChI=1S/C23H28N2O5/c1-4-25(5-2)23(28)18-9-11-19(12-10-18)24-21(26)16-30-22(27)15-8-17-6-13-20(29-3)14-7-17/h6-7,9-14H,4-5,8,15-16H2,1-3H3,(H,24,26). The van der Waals surface area contributed by atoms with Gasteiger partial charge in [0.2, 0.25) is 0 Å².